The molecule has 0 aliphatic carbocycles. The van der Waals surface area contributed by atoms with Gasteiger partial charge >= 0.3 is 0 Å². The van der Waals surface area contributed by atoms with Gasteiger partial charge in [-0.2, -0.15) is 0 Å². The first kappa shape index (κ1) is 11.3. The number of thioether (sulfide) groups is 1. The summed E-state index contributed by atoms with van der Waals surface area (Å²) in [7, 11) is 0. The third kappa shape index (κ3) is 1.92. The first-order valence-corrected chi connectivity index (χ1v) is 7.50. The van der Waals surface area contributed by atoms with Gasteiger partial charge in [0, 0.05) is 10.6 Å². The molecule has 1 aromatic carbocycles. The lowest BCUT2D eigenvalue weighted by Crippen LogP contribution is -2.11. The summed E-state index contributed by atoms with van der Waals surface area (Å²) >= 11 is 9.20. The SMILES string of the molecule is O=C(c1sccc1Cl)C1CSc2ccccc21. The summed E-state index contributed by atoms with van der Waals surface area (Å²) in [5, 5.41) is 2.44. The molecule has 17 heavy (non-hydrogen) atoms. The molecule has 2 heterocycles. The number of thiophene rings is 1. The molecule has 1 unspecified atom stereocenters. The highest BCUT2D eigenvalue weighted by molar-refractivity contribution is 7.99. The average molecular weight is 281 g/mol. The van der Waals surface area contributed by atoms with Gasteiger partial charge in [0.2, 0.25) is 0 Å². The Hall–Kier alpha value is -0.770. The first-order valence-electron chi connectivity index (χ1n) is 5.26. The maximum Gasteiger partial charge on any atom is 0.182 e. The molecule has 4 heteroatoms. The molecule has 0 radical (unpaired) electrons. The highest BCUT2D eigenvalue weighted by Crippen LogP contribution is 2.42. The van der Waals surface area contributed by atoms with Gasteiger partial charge in [-0.15, -0.1) is 23.1 Å². The maximum atomic E-state index is 12.4. The molecule has 0 bridgehead atoms. The summed E-state index contributed by atoms with van der Waals surface area (Å²) < 4.78 is 0. The van der Waals surface area contributed by atoms with Crippen molar-refractivity contribution in [1.29, 1.82) is 0 Å². The van der Waals surface area contributed by atoms with Crippen molar-refractivity contribution in [3.05, 3.63) is 51.2 Å². The second-order valence-corrected chi connectivity index (χ2v) is 6.25. The lowest BCUT2D eigenvalue weighted by atomic mass is 9.96. The second-order valence-electron chi connectivity index (χ2n) is 3.86. The molecule has 0 spiro atoms. The van der Waals surface area contributed by atoms with Crippen LogP contribution in [0.4, 0.5) is 0 Å². The second kappa shape index (κ2) is 4.48. The van der Waals surface area contributed by atoms with E-state index in [1.165, 1.54) is 16.2 Å². The molecule has 0 N–H and O–H groups in total. The molecule has 3 rings (SSSR count). The van der Waals surface area contributed by atoms with Crippen LogP contribution in [0.15, 0.2) is 40.6 Å². The Kier molecular flexibility index (Phi) is 2.99. The number of carbonyl (C=O) groups is 1. The molecule has 1 aromatic heterocycles. The van der Waals surface area contributed by atoms with Gasteiger partial charge in [0.25, 0.3) is 0 Å². The molecule has 0 saturated heterocycles. The molecule has 0 fully saturated rings. The average Bonchev–Trinajstić information content (AvgIpc) is 2.94. The Labute approximate surface area is 113 Å². The predicted octanol–water partition coefficient (Wildman–Crippen LogP) is 4.47. The van der Waals surface area contributed by atoms with Gasteiger partial charge in [0.1, 0.15) is 0 Å². The topological polar surface area (TPSA) is 17.1 Å². The Morgan fingerprint density at radius 3 is 2.88 bits per heavy atom. The van der Waals surface area contributed by atoms with Crippen LogP contribution in [0.1, 0.15) is 21.2 Å². The van der Waals surface area contributed by atoms with Crippen molar-refractivity contribution in [1.82, 2.24) is 0 Å². The van der Waals surface area contributed by atoms with Crippen LogP contribution in [0.3, 0.4) is 0 Å². The molecule has 1 atom stereocenters. The zero-order valence-corrected chi connectivity index (χ0v) is 11.2. The number of benzene rings is 1. The number of ketones is 1. The van der Waals surface area contributed by atoms with E-state index in [1.807, 2.05) is 23.6 Å². The standard InChI is InChI=1S/C13H9ClOS2/c14-10-5-6-16-13(10)12(15)9-7-17-11-4-2-1-3-8(9)11/h1-6,9H,7H2. The van der Waals surface area contributed by atoms with Crippen LogP contribution >= 0.6 is 34.7 Å². The van der Waals surface area contributed by atoms with Gasteiger partial charge in [0.05, 0.1) is 15.8 Å². The predicted molar refractivity (Wildman–Crippen MR) is 73.6 cm³/mol. The Morgan fingerprint density at radius 1 is 1.29 bits per heavy atom. The minimum atomic E-state index is -0.0349. The Bertz CT molecular complexity index is 576. The third-order valence-corrected chi connectivity index (χ3v) is 5.40. The van der Waals surface area contributed by atoms with Crippen LogP contribution in [-0.2, 0) is 0 Å². The molecule has 1 aliphatic rings. The summed E-state index contributed by atoms with van der Waals surface area (Å²) in [4.78, 5) is 14.3. The summed E-state index contributed by atoms with van der Waals surface area (Å²) in [6, 6.07) is 9.90. The van der Waals surface area contributed by atoms with Crippen LogP contribution in [0.2, 0.25) is 5.02 Å². The third-order valence-electron chi connectivity index (χ3n) is 2.86. The van der Waals surface area contributed by atoms with Crippen molar-refractivity contribution in [2.75, 3.05) is 5.75 Å². The van der Waals surface area contributed by atoms with Crippen molar-refractivity contribution in [3.8, 4) is 0 Å². The van der Waals surface area contributed by atoms with Gasteiger partial charge in [0.15, 0.2) is 5.78 Å². The lowest BCUT2D eigenvalue weighted by Gasteiger charge is -2.08. The molecular weight excluding hydrogens is 272 g/mol. The highest BCUT2D eigenvalue weighted by atomic mass is 35.5. The van der Waals surface area contributed by atoms with E-state index in [2.05, 4.69) is 6.07 Å². The van der Waals surface area contributed by atoms with Crippen LogP contribution in [0, 0.1) is 0 Å². The minimum Gasteiger partial charge on any atom is -0.292 e. The fourth-order valence-corrected chi connectivity index (χ4v) is 4.38. The van der Waals surface area contributed by atoms with E-state index in [9.17, 15) is 4.79 Å². The largest absolute Gasteiger partial charge is 0.292 e. The monoisotopic (exact) mass is 280 g/mol. The molecule has 1 aliphatic heterocycles. The van der Waals surface area contributed by atoms with E-state index in [1.54, 1.807) is 17.8 Å². The van der Waals surface area contributed by atoms with E-state index in [-0.39, 0.29) is 11.7 Å². The number of hydrogen-bond acceptors (Lipinski definition) is 3. The first-order chi connectivity index (χ1) is 8.27. The van der Waals surface area contributed by atoms with Gasteiger partial charge in [-0.1, -0.05) is 29.8 Å². The maximum absolute atomic E-state index is 12.4. The summed E-state index contributed by atoms with van der Waals surface area (Å²) in [5.74, 6) is 0.946. The van der Waals surface area contributed by atoms with E-state index in [4.69, 9.17) is 11.6 Å². The number of rotatable bonds is 2. The molecular formula is C13H9ClOS2. The molecule has 1 nitrogen and oxygen atoms in total. The van der Waals surface area contributed by atoms with Crippen LogP contribution in [0.5, 0.6) is 0 Å². The van der Waals surface area contributed by atoms with Crippen molar-refractivity contribution in [3.63, 3.8) is 0 Å². The summed E-state index contributed by atoms with van der Waals surface area (Å²) in [5.41, 5.74) is 1.15. The molecule has 0 saturated carbocycles. The van der Waals surface area contributed by atoms with Crippen LogP contribution in [-0.4, -0.2) is 11.5 Å². The van der Waals surface area contributed by atoms with Crippen molar-refractivity contribution in [2.45, 2.75) is 10.8 Å². The quantitative estimate of drug-likeness (QED) is 0.755. The van der Waals surface area contributed by atoms with Crippen molar-refractivity contribution in [2.24, 2.45) is 0 Å². The van der Waals surface area contributed by atoms with Crippen molar-refractivity contribution >= 4 is 40.5 Å². The smallest absolute Gasteiger partial charge is 0.182 e. The van der Waals surface area contributed by atoms with Gasteiger partial charge in [-0.3, -0.25) is 4.79 Å². The Morgan fingerprint density at radius 2 is 2.12 bits per heavy atom. The number of hydrogen-bond donors (Lipinski definition) is 0. The fraction of sp³-hybridized carbons (Fsp3) is 0.154. The zero-order valence-electron chi connectivity index (χ0n) is 8.85. The zero-order chi connectivity index (χ0) is 11.8. The number of Topliss-reactive ketones (excluding diaryl/α,β-unsaturated/α-hetero) is 1. The van der Waals surface area contributed by atoms with Gasteiger partial charge in [-0.25, -0.2) is 0 Å². The summed E-state index contributed by atoms with van der Waals surface area (Å²) in [6.07, 6.45) is 0. The fourth-order valence-electron chi connectivity index (χ4n) is 2.01. The molecule has 0 amide bonds. The highest BCUT2D eigenvalue weighted by Gasteiger charge is 2.31. The van der Waals surface area contributed by atoms with E-state index in [0.29, 0.717) is 9.90 Å². The van der Waals surface area contributed by atoms with E-state index in [0.717, 1.165) is 11.3 Å². The van der Waals surface area contributed by atoms with Crippen LogP contribution in [0.25, 0.3) is 0 Å². The van der Waals surface area contributed by atoms with E-state index < -0.39 is 0 Å². The number of halogens is 1. The molecule has 2 aromatic rings. The number of fused-ring (bicyclic) bond motifs is 1. The van der Waals surface area contributed by atoms with E-state index >= 15 is 0 Å². The van der Waals surface area contributed by atoms with Gasteiger partial charge < -0.3 is 0 Å². The summed E-state index contributed by atoms with van der Waals surface area (Å²) in [6.45, 7) is 0. The van der Waals surface area contributed by atoms with Crippen molar-refractivity contribution < 1.29 is 4.79 Å². The number of carbonyl (C=O) groups excluding carboxylic acids is 1. The normalized spacial score (nSPS) is 18.1. The Balaban J connectivity index is 1.98. The van der Waals surface area contributed by atoms with Crippen LogP contribution < -0.4 is 0 Å². The van der Waals surface area contributed by atoms with Gasteiger partial charge in [-0.05, 0) is 23.1 Å². The molecule has 86 valence electrons. The lowest BCUT2D eigenvalue weighted by molar-refractivity contribution is 0.0972. The minimum absolute atomic E-state index is 0.0349.